The van der Waals surface area contributed by atoms with E-state index in [1.54, 1.807) is 30.8 Å². The van der Waals surface area contributed by atoms with Crippen molar-refractivity contribution in [2.24, 2.45) is 0 Å². The third kappa shape index (κ3) is 4.25. The number of fused-ring (bicyclic) bond motifs is 1. The molecule has 1 aliphatic rings. The number of allylic oxidation sites excluding steroid dienone is 3. The van der Waals surface area contributed by atoms with Crippen LogP contribution in [0.25, 0.3) is 10.8 Å². The van der Waals surface area contributed by atoms with Crippen molar-refractivity contribution >= 4 is 39.9 Å². The van der Waals surface area contributed by atoms with Crippen LogP contribution < -0.4 is 5.32 Å². The topological polar surface area (TPSA) is 52.9 Å². The van der Waals surface area contributed by atoms with Crippen LogP contribution >= 0.6 is 23.4 Å². The number of benzene rings is 3. The fourth-order valence-electron chi connectivity index (χ4n) is 4.05. The molecule has 5 heteroatoms. The molecule has 0 fully saturated rings. The Morgan fingerprint density at radius 3 is 2.52 bits per heavy atom. The molecule has 3 aromatic carbocycles. The lowest BCUT2D eigenvalue weighted by atomic mass is 9.81. The van der Waals surface area contributed by atoms with Crippen molar-refractivity contribution < 1.29 is 4.79 Å². The number of dihydropyridines is 1. The molecule has 3 nitrogen and oxygen atoms in total. The molecule has 154 valence electrons. The van der Waals surface area contributed by atoms with Gasteiger partial charge < -0.3 is 5.32 Å². The Bertz CT molecular complexity index is 1260. The summed E-state index contributed by atoms with van der Waals surface area (Å²) in [5.41, 5.74) is 4.05. The van der Waals surface area contributed by atoms with Crippen molar-refractivity contribution in [3.8, 4) is 6.07 Å². The summed E-state index contributed by atoms with van der Waals surface area (Å²) >= 11 is 7.66. The third-order valence-electron chi connectivity index (χ3n) is 5.48. The molecule has 0 saturated heterocycles. The van der Waals surface area contributed by atoms with Gasteiger partial charge in [0.05, 0.1) is 22.6 Å². The minimum atomic E-state index is -0.406. The quantitative estimate of drug-likeness (QED) is 0.475. The van der Waals surface area contributed by atoms with Gasteiger partial charge in [0.25, 0.3) is 0 Å². The molecular formula is C26H21ClN2OS. The fourth-order valence-corrected chi connectivity index (χ4v) is 5.27. The molecule has 1 unspecified atom stereocenters. The Morgan fingerprint density at radius 2 is 1.81 bits per heavy atom. The number of ketones is 1. The average molecular weight is 445 g/mol. The lowest BCUT2D eigenvalue weighted by Gasteiger charge is -2.29. The van der Waals surface area contributed by atoms with Crippen molar-refractivity contribution in [2.45, 2.75) is 25.5 Å². The largest absolute Gasteiger partial charge is 0.353 e. The summed E-state index contributed by atoms with van der Waals surface area (Å²) in [4.78, 5) is 12.5. The van der Waals surface area contributed by atoms with E-state index in [-0.39, 0.29) is 5.78 Å². The number of thioether (sulfide) groups is 1. The lowest BCUT2D eigenvalue weighted by molar-refractivity contribution is -0.113. The van der Waals surface area contributed by atoms with E-state index in [9.17, 15) is 10.1 Å². The van der Waals surface area contributed by atoms with E-state index < -0.39 is 5.92 Å². The Morgan fingerprint density at radius 1 is 1.10 bits per heavy atom. The van der Waals surface area contributed by atoms with Gasteiger partial charge in [0.15, 0.2) is 5.78 Å². The van der Waals surface area contributed by atoms with E-state index in [4.69, 9.17) is 11.6 Å². The molecule has 31 heavy (non-hydrogen) atoms. The van der Waals surface area contributed by atoms with Gasteiger partial charge in [-0.1, -0.05) is 66.2 Å². The van der Waals surface area contributed by atoms with E-state index in [0.29, 0.717) is 21.9 Å². The van der Waals surface area contributed by atoms with Crippen molar-refractivity contribution in [3.63, 3.8) is 0 Å². The van der Waals surface area contributed by atoms with Gasteiger partial charge in [-0.05, 0) is 47.9 Å². The standard InChI is InChI=1S/C26H21ClN2OS/c1-16-24(17(2)30)25(19-10-12-21(27)13-11-19)23(14-28)26(29-16)31-15-20-8-5-7-18-6-3-4-9-22(18)20/h3-13,25,29H,15H2,1-2H3. The average Bonchev–Trinajstić information content (AvgIpc) is 2.77. The van der Waals surface area contributed by atoms with Crippen molar-refractivity contribution in [1.82, 2.24) is 5.32 Å². The summed E-state index contributed by atoms with van der Waals surface area (Å²) in [7, 11) is 0. The van der Waals surface area contributed by atoms with Crippen LogP contribution in [0, 0.1) is 11.3 Å². The van der Waals surface area contributed by atoms with Crippen molar-refractivity contribution in [1.29, 1.82) is 5.26 Å². The van der Waals surface area contributed by atoms with Gasteiger partial charge in [-0.3, -0.25) is 4.79 Å². The molecule has 1 N–H and O–H groups in total. The van der Waals surface area contributed by atoms with Crippen LogP contribution in [0.3, 0.4) is 0 Å². The first-order valence-electron chi connectivity index (χ1n) is 9.97. The van der Waals surface area contributed by atoms with Crippen LogP contribution in [0.4, 0.5) is 0 Å². The molecule has 1 atom stereocenters. The number of hydrogen-bond donors (Lipinski definition) is 1. The minimum Gasteiger partial charge on any atom is -0.353 e. The predicted octanol–water partition coefficient (Wildman–Crippen LogP) is 6.71. The van der Waals surface area contributed by atoms with E-state index in [1.165, 1.54) is 16.3 Å². The van der Waals surface area contributed by atoms with Crippen LogP contribution in [-0.4, -0.2) is 5.78 Å². The summed E-state index contributed by atoms with van der Waals surface area (Å²) in [6, 6.07) is 24.3. The van der Waals surface area contributed by atoms with E-state index in [0.717, 1.165) is 16.3 Å². The van der Waals surface area contributed by atoms with Gasteiger partial charge in [-0.15, -0.1) is 11.8 Å². The molecule has 0 amide bonds. The maximum atomic E-state index is 12.5. The number of carbonyl (C=O) groups is 1. The normalized spacial score (nSPS) is 16.3. The summed E-state index contributed by atoms with van der Waals surface area (Å²) < 4.78 is 0. The number of halogens is 1. The lowest BCUT2D eigenvalue weighted by Crippen LogP contribution is -2.27. The Kier molecular flexibility index (Phi) is 6.18. The number of nitriles is 1. The smallest absolute Gasteiger partial charge is 0.158 e. The Labute approximate surface area is 191 Å². The van der Waals surface area contributed by atoms with Gasteiger partial charge in [0.1, 0.15) is 0 Å². The fraction of sp³-hybridized carbons (Fsp3) is 0.154. The number of carbonyl (C=O) groups excluding carboxylic acids is 1. The van der Waals surface area contributed by atoms with Gasteiger partial charge in [-0.25, -0.2) is 0 Å². The second-order valence-electron chi connectivity index (χ2n) is 7.49. The van der Waals surface area contributed by atoms with Crippen LogP contribution in [0.1, 0.15) is 30.9 Å². The number of rotatable bonds is 5. The van der Waals surface area contributed by atoms with Crippen LogP contribution in [0.15, 0.2) is 88.6 Å². The molecule has 3 aromatic rings. The Hall–Kier alpha value is -3.00. The second kappa shape index (κ2) is 9.01. The second-order valence-corrected chi connectivity index (χ2v) is 8.91. The summed E-state index contributed by atoms with van der Waals surface area (Å²) in [6.45, 7) is 3.44. The number of nitrogens with one attached hydrogen (secondary N) is 1. The zero-order valence-electron chi connectivity index (χ0n) is 17.3. The number of hydrogen-bond acceptors (Lipinski definition) is 4. The molecule has 4 rings (SSSR count). The first-order valence-corrected chi connectivity index (χ1v) is 11.3. The van der Waals surface area contributed by atoms with Gasteiger partial charge >= 0.3 is 0 Å². The molecule has 0 aromatic heterocycles. The van der Waals surface area contributed by atoms with Crippen molar-refractivity contribution in [2.75, 3.05) is 0 Å². The highest BCUT2D eigenvalue weighted by Crippen LogP contribution is 2.42. The molecule has 0 spiro atoms. The van der Waals surface area contributed by atoms with E-state index >= 15 is 0 Å². The molecule has 0 radical (unpaired) electrons. The van der Waals surface area contributed by atoms with Crippen LogP contribution in [-0.2, 0) is 10.5 Å². The zero-order valence-corrected chi connectivity index (χ0v) is 18.8. The van der Waals surface area contributed by atoms with Crippen LogP contribution in [0.2, 0.25) is 5.02 Å². The third-order valence-corrected chi connectivity index (χ3v) is 6.80. The molecule has 0 bridgehead atoms. The first-order chi connectivity index (χ1) is 15.0. The molecule has 0 saturated carbocycles. The number of nitrogens with zero attached hydrogens (tertiary/aromatic N) is 1. The van der Waals surface area contributed by atoms with Gasteiger partial charge in [0, 0.05) is 22.0 Å². The molecular weight excluding hydrogens is 424 g/mol. The SMILES string of the molecule is CC(=O)C1=C(C)NC(SCc2cccc3ccccc23)=C(C#N)C1c1ccc(Cl)cc1. The zero-order chi connectivity index (χ0) is 22.0. The monoisotopic (exact) mass is 444 g/mol. The highest BCUT2D eigenvalue weighted by molar-refractivity contribution is 8.02. The van der Waals surface area contributed by atoms with Crippen molar-refractivity contribution in [3.05, 3.63) is 105 Å². The first kappa shape index (κ1) is 21.2. The van der Waals surface area contributed by atoms with E-state index in [1.807, 2.05) is 31.2 Å². The van der Waals surface area contributed by atoms with Crippen LogP contribution in [0.5, 0.6) is 0 Å². The predicted molar refractivity (Wildman–Crippen MR) is 129 cm³/mol. The maximum absolute atomic E-state index is 12.5. The van der Waals surface area contributed by atoms with Gasteiger partial charge in [-0.2, -0.15) is 5.26 Å². The highest BCUT2D eigenvalue weighted by Gasteiger charge is 2.33. The number of Topliss-reactive ketones (excluding diaryl/α,β-unsaturated/α-hetero) is 1. The summed E-state index contributed by atoms with van der Waals surface area (Å²) in [5, 5.41) is 17.2. The maximum Gasteiger partial charge on any atom is 0.158 e. The highest BCUT2D eigenvalue weighted by atomic mass is 35.5. The van der Waals surface area contributed by atoms with E-state index in [2.05, 4.69) is 41.7 Å². The molecule has 1 aliphatic heterocycles. The molecule has 0 aliphatic carbocycles. The minimum absolute atomic E-state index is 0.0456. The summed E-state index contributed by atoms with van der Waals surface area (Å²) in [6.07, 6.45) is 0. The summed E-state index contributed by atoms with van der Waals surface area (Å²) in [5.74, 6) is 0.261. The van der Waals surface area contributed by atoms with Gasteiger partial charge in [0.2, 0.25) is 0 Å². The Balaban J connectivity index is 1.74. The molecule has 1 heterocycles.